The molecular formula is C25H22ClN5O3. The highest BCUT2D eigenvalue weighted by Gasteiger charge is 2.31. The van der Waals surface area contributed by atoms with E-state index >= 15 is 0 Å². The number of nitrogens with one attached hydrogen (secondary N) is 2. The maximum Gasteiger partial charge on any atom is 0.327 e. The first-order valence-corrected chi connectivity index (χ1v) is 11.3. The van der Waals surface area contributed by atoms with E-state index in [-0.39, 0.29) is 17.5 Å². The van der Waals surface area contributed by atoms with E-state index in [0.717, 1.165) is 17.5 Å². The molecule has 0 bridgehead atoms. The van der Waals surface area contributed by atoms with E-state index in [2.05, 4.69) is 15.3 Å². The summed E-state index contributed by atoms with van der Waals surface area (Å²) in [4.78, 5) is 46.7. The molecular weight excluding hydrogens is 454 g/mol. The molecule has 0 saturated carbocycles. The minimum absolute atomic E-state index is 0.174. The molecule has 4 aromatic rings. The monoisotopic (exact) mass is 475 g/mol. The van der Waals surface area contributed by atoms with E-state index < -0.39 is 6.04 Å². The number of carbonyl (C=O) groups is 2. The molecule has 3 heterocycles. The average Bonchev–Trinajstić information content (AvgIpc) is 3.14. The average molecular weight is 476 g/mol. The van der Waals surface area contributed by atoms with Gasteiger partial charge in [0.15, 0.2) is 5.65 Å². The Balaban J connectivity index is 1.37. The van der Waals surface area contributed by atoms with Gasteiger partial charge in [-0.05, 0) is 48.7 Å². The van der Waals surface area contributed by atoms with Gasteiger partial charge in [0.25, 0.3) is 5.91 Å². The lowest BCUT2D eigenvalue weighted by Crippen LogP contribution is -2.52. The van der Waals surface area contributed by atoms with Crippen LogP contribution in [0.5, 0.6) is 0 Å². The van der Waals surface area contributed by atoms with Crippen LogP contribution in [-0.4, -0.2) is 38.9 Å². The number of amides is 2. The molecule has 2 aromatic carbocycles. The van der Waals surface area contributed by atoms with E-state index in [1.165, 1.54) is 4.57 Å². The lowest BCUT2D eigenvalue weighted by molar-refractivity contribution is -0.121. The summed E-state index contributed by atoms with van der Waals surface area (Å²) >= 11 is 6.29. The number of para-hydroxylation sites is 1. The van der Waals surface area contributed by atoms with Crippen molar-refractivity contribution >= 4 is 40.3 Å². The number of halogens is 1. The van der Waals surface area contributed by atoms with Crippen LogP contribution in [0.3, 0.4) is 0 Å². The van der Waals surface area contributed by atoms with Gasteiger partial charge < -0.3 is 10.2 Å². The van der Waals surface area contributed by atoms with Crippen molar-refractivity contribution in [3.8, 4) is 11.1 Å². The largest absolute Gasteiger partial charge is 0.340 e. The van der Waals surface area contributed by atoms with Crippen molar-refractivity contribution in [3.05, 3.63) is 81.9 Å². The summed E-state index contributed by atoms with van der Waals surface area (Å²) in [5.41, 5.74) is 3.57. The van der Waals surface area contributed by atoms with Gasteiger partial charge in [-0.3, -0.25) is 19.1 Å². The Morgan fingerprint density at radius 3 is 2.76 bits per heavy atom. The van der Waals surface area contributed by atoms with Gasteiger partial charge in [0, 0.05) is 30.9 Å². The topological polar surface area (TPSA) is 100 Å². The fraction of sp³-hybridized carbons (Fsp3) is 0.200. The van der Waals surface area contributed by atoms with Crippen LogP contribution >= 0.6 is 11.6 Å². The van der Waals surface area contributed by atoms with Crippen LogP contribution in [0.15, 0.2) is 65.6 Å². The summed E-state index contributed by atoms with van der Waals surface area (Å²) in [7, 11) is 1.67. The fourth-order valence-electron chi connectivity index (χ4n) is 4.26. The predicted octanol–water partition coefficient (Wildman–Crippen LogP) is 3.51. The van der Waals surface area contributed by atoms with Gasteiger partial charge in [-0.15, -0.1) is 0 Å². The van der Waals surface area contributed by atoms with E-state index in [1.807, 2.05) is 24.3 Å². The van der Waals surface area contributed by atoms with Gasteiger partial charge in [0.1, 0.15) is 6.04 Å². The van der Waals surface area contributed by atoms with E-state index in [9.17, 15) is 14.4 Å². The minimum Gasteiger partial charge on any atom is -0.340 e. The summed E-state index contributed by atoms with van der Waals surface area (Å²) in [5.74, 6) is -0.504. The molecule has 1 aliphatic heterocycles. The van der Waals surface area contributed by atoms with E-state index in [1.54, 1.807) is 48.5 Å². The van der Waals surface area contributed by atoms with Crippen molar-refractivity contribution in [2.24, 2.45) is 7.05 Å². The standard InChI is InChI=1S/C25H22ClN5O3/c1-30-21-13-17(14-27-22(21)29-25(30)34)15-6-4-7-16(12-15)23(32)28-19-9-5-11-31(24(19)33)20-10-3-2-8-18(20)26/h2-4,6-8,10,12-14,19H,5,9,11H2,1H3,(H,28,32)(H,27,29,34). The summed E-state index contributed by atoms with van der Waals surface area (Å²) < 4.78 is 1.49. The molecule has 0 spiro atoms. The number of carbonyl (C=O) groups excluding carboxylic acids is 2. The maximum atomic E-state index is 13.1. The number of fused-ring (bicyclic) bond motifs is 1. The van der Waals surface area contributed by atoms with Gasteiger partial charge in [-0.2, -0.15) is 0 Å². The molecule has 2 amide bonds. The van der Waals surface area contributed by atoms with E-state index in [0.29, 0.717) is 40.4 Å². The van der Waals surface area contributed by atoms with Crippen LogP contribution in [0, 0.1) is 0 Å². The van der Waals surface area contributed by atoms with Gasteiger partial charge in [0.2, 0.25) is 5.91 Å². The number of piperidine rings is 1. The number of hydrogen-bond donors (Lipinski definition) is 2. The Hall–Kier alpha value is -3.91. The molecule has 2 N–H and O–H groups in total. The Labute approximate surface area is 200 Å². The number of pyridine rings is 1. The number of aryl methyl sites for hydroxylation is 1. The number of anilines is 1. The number of H-pyrrole nitrogens is 1. The number of aromatic nitrogens is 3. The van der Waals surface area contributed by atoms with Crippen molar-refractivity contribution in [2.75, 3.05) is 11.4 Å². The van der Waals surface area contributed by atoms with Crippen molar-refractivity contribution in [2.45, 2.75) is 18.9 Å². The first-order chi connectivity index (χ1) is 16.4. The molecule has 9 heteroatoms. The van der Waals surface area contributed by atoms with Crippen LogP contribution in [0.1, 0.15) is 23.2 Å². The predicted molar refractivity (Wildman–Crippen MR) is 131 cm³/mol. The quantitative estimate of drug-likeness (QED) is 0.471. The zero-order valence-corrected chi connectivity index (χ0v) is 19.2. The van der Waals surface area contributed by atoms with E-state index in [4.69, 9.17) is 11.6 Å². The summed E-state index contributed by atoms with van der Waals surface area (Å²) in [6.07, 6.45) is 2.97. The van der Waals surface area contributed by atoms with Gasteiger partial charge in [0.05, 0.1) is 16.2 Å². The van der Waals surface area contributed by atoms with Crippen molar-refractivity contribution in [1.82, 2.24) is 19.9 Å². The summed E-state index contributed by atoms with van der Waals surface area (Å²) in [6.45, 7) is 0.557. The number of imidazole rings is 1. The Kier molecular flexibility index (Phi) is 5.67. The highest BCUT2D eigenvalue weighted by Crippen LogP contribution is 2.29. The molecule has 1 atom stereocenters. The molecule has 34 heavy (non-hydrogen) atoms. The Morgan fingerprint density at radius 1 is 1.12 bits per heavy atom. The SMILES string of the molecule is Cn1c(=O)[nH]c2ncc(-c3cccc(C(=O)NC4CCCN(c5ccccc5Cl)C4=O)c3)cc21. The first kappa shape index (κ1) is 21.9. The van der Waals surface area contributed by atoms with Crippen LogP contribution < -0.4 is 15.9 Å². The zero-order valence-electron chi connectivity index (χ0n) is 18.4. The van der Waals surface area contributed by atoms with Gasteiger partial charge in [-0.25, -0.2) is 9.78 Å². The molecule has 1 aliphatic rings. The third-order valence-corrected chi connectivity index (χ3v) is 6.42. The molecule has 172 valence electrons. The van der Waals surface area contributed by atoms with Crippen molar-refractivity contribution in [3.63, 3.8) is 0 Å². The molecule has 8 nitrogen and oxygen atoms in total. The van der Waals surface area contributed by atoms with Gasteiger partial charge >= 0.3 is 5.69 Å². The second-order valence-corrected chi connectivity index (χ2v) is 8.68. The van der Waals surface area contributed by atoms with Crippen LogP contribution in [0.25, 0.3) is 22.3 Å². The fourth-order valence-corrected chi connectivity index (χ4v) is 4.50. The number of rotatable bonds is 4. The molecule has 5 rings (SSSR count). The van der Waals surface area contributed by atoms with Crippen LogP contribution in [-0.2, 0) is 11.8 Å². The lowest BCUT2D eigenvalue weighted by Gasteiger charge is -2.33. The third-order valence-electron chi connectivity index (χ3n) is 6.10. The second kappa shape index (κ2) is 8.79. The lowest BCUT2D eigenvalue weighted by atomic mass is 10.0. The van der Waals surface area contributed by atoms with Crippen LogP contribution in [0.2, 0.25) is 5.02 Å². The highest BCUT2D eigenvalue weighted by atomic mass is 35.5. The molecule has 1 unspecified atom stereocenters. The maximum absolute atomic E-state index is 13.1. The molecule has 2 aromatic heterocycles. The van der Waals surface area contributed by atoms with Gasteiger partial charge in [-0.1, -0.05) is 35.9 Å². The number of benzene rings is 2. The Morgan fingerprint density at radius 2 is 1.94 bits per heavy atom. The molecule has 1 saturated heterocycles. The normalized spacial score (nSPS) is 16.1. The number of nitrogens with zero attached hydrogens (tertiary/aromatic N) is 3. The third kappa shape index (κ3) is 3.97. The Bertz CT molecular complexity index is 1470. The smallest absolute Gasteiger partial charge is 0.327 e. The molecule has 0 radical (unpaired) electrons. The second-order valence-electron chi connectivity index (χ2n) is 8.27. The molecule has 0 aliphatic carbocycles. The number of hydrogen-bond acceptors (Lipinski definition) is 4. The highest BCUT2D eigenvalue weighted by molar-refractivity contribution is 6.33. The summed E-state index contributed by atoms with van der Waals surface area (Å²) in [5, 5.41) is 3.39. The van der Waals surface area contributed by atoms with Crippen molar-refractivity contribution < 1.29 is 9.59 Å². The summed E-state index contributed by atoms with van der Waals surface area (Å²) in [6, 6.07) is 15.5. The molecule has 1 fully saturated rings. The first-order valence-electron chi connectivity index (χ1n) is 10.9. The zero-order chi connectivity index (χ0) is 23.8. The minimum atomic E-state index is -0.631. The number of aromatic amines is 1. The van der Waals surface area contributed by atoms with Crippen molar-refractivity contribution in [1.29, 1.82) is 0 Å². The van der Waals surface area contributed by atoms with Crippen LogP contribution in [0.4, 0.5) is 5.69 Å².